The zero-order chi connectivity index (χ0) is 15.5. The van der Waals surface area contributed by atoms with Crippen LogP contribution < -0.4 is 4.74 Å². The molecule has 0 amide bonds. The van der Waals surface area contributed by atoms with Crippen LogP contribution in [0.15, 0.2) is 42.5 Å². The third kappa shape index (κ3) is 3.88. The lowest BCUT2D eigenvalue weighted by Gasteiger charge is -2.24. The van der Waals surface area contributed by atoms with Crippen LogP contribution in [0.2, 0.25) is 0 Å². The van der Waals surface area contributed by atoms with Gasteiger partial charge in [-0.1, -0.05) is 74.0 Å². The molecule has 0 spiro atoms. The molecule has 21 heavy (non-hydrogen) atoms. The number of aryl methyl sites for hydroxylation is 1. The molecule has 0 saturated heterocycles. The van der Waals surface area contributed by atoms with E-state index in [1.54, 1.807) is 0 Å². The fraction of sp³-hybridized carbons (Fsp3) is 0.368. The van der Waals surface area contributed by atoms with Gasteiger partial charge >= 0.3 is 0 Å². The maximum atomic E-state index is 6.23. The van der Waals surface area contributed by atoms with Gasteiger partial charge in [0.15, 0.2) is 0 Å². The minimum atomic E-state index is 0.0594. The van der Waals surface area contributed by atoms with Gasteiger partial charge in [-0.05, 0) is 29.5 Å². The van der Waals surface area contributed by atoms with Crippen LogP contribution in [0.1, 0.15) is 44.4 Å². The van der Waals surface area contributed by atoms with Crippen LogP contribution in [0.5, 0.6) is 11.5 Å². The van der Waals surface area contributed by atoms with Crippen LogP contribution in [-0.2, 0) is 17.2 Å². The molecule has 2 rings (SSSR count). The van der Waals surface area contributed by atoms with Gasteiger partial charge in [0.05, 0.1) is 0 Å². The standard InChI is InChI=1S/C19H23BrO/c1-5-14-10-11-18(16(12-14)19(2,3)4)21-17-9-7-6-8-15(17)13-20/h6-12H,5,13H2,1-4H3. The number of alkyl halides is 1. The van der Waals surface area contributed by atoms with Crippen LogP contribution in [0.4, 0.5) is 0 Å². The van der Waals surface area contributed by atoms with Gasteiger partial charge in [-0.3, -0.25) is 0 Å². The average Bonchev–Trinajstić information content (AvgIpc) is 2.47. The summed E-state index contributed by atoms with van der Waals surface area (Å²) >= 11 is 3.52. The first kappa shape index (κ1) is 16.1. The van der Waals surface area contributed by atoms with E-state index in [1.165, 1.54) is 11.1 Å². The van der Waals surface area contributed by atoms with Crippen molar-refractivity contribution >= 4 is 15.9 Å². The average molecular weight is 347 g/mol. The summed E-state index contributed by atoms with van der Waals surface area (Å²) in [7, 11) is 0. The summed E-state index contributed by atoms with van der Waals surface area (Å²) in [6, 6.07) is 14.7. The number of rotatable bonds is 4. The molecule has 2 aromatic rings. The molecule has 0 N–H and O–H groups in total. The Kier molecular flexibility index (Phi) is 5.10. The molecule has 0 heterocycles. The van der Waals surface area contributed by atoms with Crippen molar-refractivity contribution in [2.24, 2.45) is 0 Å². The first-order valence-corrected chi connectivity index (χ1v) is 8.53. The minimum Gasteiger partial charge on any atom is -0.457 e. The van der Waals surface area contributed by atoms with E-state index < -0.39 is 0 Å². The van der Waals surface area contributed by atoms with Gasteiger partial charge in [-0.2, -0.15) is 0 Å². The van der Waals surface area contributed by atoms with E-state index in [4.69, 9.17) is 4.74 Å². The lowest BCUT2D eigenvalue weighted by atomic mass is 9.85. The number of halogens is 1. The smallest absolute Gasteiger partial charge is 0.131 e. The Bertz CT molecular complexity index is 611. The zero-order valence-electron chi connectivity index (χ0n) is 13.2. The molecule has 0 saturated carbocycles. The Morgan fingerprint density at radius 2 is 1.71 bits per heavy atom. The van der Waals surface area contributed by atoms with Crippen molar-refractivity contribution in [1.29, 1.82) is 0 Å². The molecule has 0 aliphatic heterocycles. The predicted octanol–water partition coefficient (Wildman–Crippen LogP) is 6.23. The van der Waals surface area contributed by atoms with E-state index in [0.29, 0.717) is 0 Å². The zero-order valence-corrected chi connectivity index (χ0v) is 14.8. The van der Waals surface area contributed by atoms with Gasteiger partial charge in [0.2, 0.25) is 0 Å². The Hall–Kier alpha value is -1.28. The molecule has 0 aliphatic carbocycles. The highest BCUT2D eigenvalue weighted by Crippen LogP contribution is 2.36. The van der Waals surface area contributed by atoms with E-state index in [1.807, 2.05) is 18.2 Å². The quantitative estimate of drug-likeness (QED) is 0.596. The van der Waals surface area contributed by atoms with E-state index in [2.05, 4.69) is 67.9 Å². The van der Waals surface area contributed by atoms with Crippen molar-refractivity contribution in [3.8, 4) is 11.5 Å². The Labute approximate surface area is 136 Å². The van der Waals surface area contributed by atoms with Gasteiger partial charge < -0.3 is 4.74 Å². The molecule has 2 aromatic carbocycles. The van der Waals surface area contributed by atoms with E-state index >= 15 is 0 Å². The highest BCUT2D eigenvalue weighted by atomic mass is 79.9. The molecule has 2 heteroatoms. The largest absolute Gasteiger partial charge is 0.457 e. The maximum absolute atomic E-state index is 6.23. The topological polar surface area (TPSA) is 9.23 Å². The predicted molar refractivity (Wildman–Crippen MR) is 93.7 cm³/mol. The van der Waals surface area contributed by atoms with Crippen LogP contribution in [0, 0.1) is 0 Å². The summed E-state index contributed by atoms with van der Waals surface area (Å²) < 4.78 is 6.23. The van der Waals surface area contributed by atoms with Crippen LogP contribution in [0.3, 0.4) is 0 Å². The Morgan fingerprint density at radius 1 is 1.00 bits per heavy atom. The molecule has 0 aromatic heterocycles. The number of benzene rings is 2. The maximum Gasteiger partial charge on any atom is 0.131 e. The second-order valence-electron chi connectivity index (χ2n) is 6.28. The molecule has 0 bridgehead atoms. The van der Waals surface area contributed by atoms with Crippen molar-refractivity contribution in [2.45, 2.75) is 44.9 Å². The number of para-hydroxylation sites is 1. The summed E-state index contributed by atoms with van der Waals surface area (Å²) in [5.41, 5.74) is 3.83. The molecule has 1 nitrogen and oxygen atoms in total. The van der Waals surface area contributed by atoms with E-state index in [-0.39, 0.29) is 5.41 Å². The van der Waals surface area contributed by atoms with Crippen molar-refractivity contribution in [2.75, 3.05) is 0 Å². The fourth-order valence-electron chi connectivity index (χ4n) is 2.30. The highest BCUT2D eigenvalue weighted by molar-refractivity contribution is 9.08. The Balaban J connectivity index is 2.44. The Morgan fingerprint density at radius 3 is 2.33 bits per heavy atom. The fourth-order valence-corrected chi connectivity index (χ4v) is 2.77. The van der Waals surface area contributed by atoms with Gasteiger partial charge in [-0.15, -0.1) is 0 Å². The first-order chi connectivity index (χ1) is 9.95. The SMILES string of the molecule is CCc1ccc(Oc2ccccc2CBr)c(C(C)(C)C)c1. The summed E-state index contributed by atoms with van der Waals surface area (Å²) in [5.74, 6) is 1.87. The van der Waals surface area contributed by atoms with E-state index in [0.717, 1.165) is 28.8 Å². The molecule has 112 valence electrons. The summed E-state index contributed by atoms with van der Waals surface area (Å²) in [6.07, 6.45) is 1.04. The molecular weight excluding hydrogens is 324 g/mol. The molecule has 0 radical (unpaired) electrons. The molecular formula is C19H23BrO. The molecule has 0 aliphatic rings. The van der Waals surface area contributed by atoms with Crippen LogP contribution in [0.25, 0.3) is 0 Å². The van der Waals surface area contributed by atoms with Gasteiger partial charge in [0.1, 0.15) is 11.5 Å². The van der Waals surface area contributed by atoms with Crippen molar-refractivity contribution in [3.05, 3.63) is 59.2 Å². The lowest BCUT2D eigenvalue weighted by Crippen LogP contribution is -2.13. The molecule has 0 fully saturated rings. The van der Waals surface area contributed by atoms with Crippen LogP contribution in [-0.4, -0.2) is 0 Å². The molecule has 0 atom stereocenters. The minimum absolute atomic E-state index is 0.0594. The van der Waals surface area contributed by atoms with Crippen molar-refractivity contribution in [1.82, 2.24) is 0 Å². The number of hydrogen-bond donors (Lipinski definition) is 0. The second kappa shape index (κ2) is 6.65. The summed E-state index contributed by atoms with van der Waals surface area (Å²) in [4.78, 5) is 0. The van der Waals surface area contributed by atoms with Gasteiger partial charge in [0, 0.05) is 16.5 Å². The van der Waals surface area contributed by atoms with Crippen LogP contribution >= 0.6 is 15.9 Å². The summed E-state index contributed by atoms with van der Waals surface area (Å²) in [5, 5.41) is 0.793. The van der Waals surface area contributed by atoms with Gasteiger partial charge in [-0.25, -0.2) is 0 Å². The first-order valence-electron chi connectivity index (χ1n) is 7.41. The molecule has 0 unspecified atom stereocenters. The third-order valence-electron chi connectivity index (χ3n) is 3.60. The lowest BCUT2D eigenvalue weighted by molar-refractivity contribution is 0.452. The second-order valence-corrected chi connectivity index (χ2v) is 6.84. The third-order valence-corrected chi connectivity index (χ3v) is 4.20. The number of hydrogen-bond acceptors (Lipinski definition) is 1. The highest BCUT2D eigenvalue weighted by Gasteiger charge is 2.20. The monoisotopic (exact) mass is 346 g/mol. The van der Waals surface area contributed by atoms with Crippen molar-refractivity contribution < 1.29 is 4.74 Å². The van der Waals surface area contributed by atoms with E-state index in [9.17, 15) is 0 Å². The normalized spacial score (nSPS) is 11.5. The summed E-state index contributed by atoms with van der Waals surface area (Å²) in [6.45, 7) is 8.86. The number of ether oxygens (including phenoxy) is 1. The van der Waals surface area contributed by atoms with Crippen molar-refractivity contribution in [3.63, 3.8) is 0 Å². The van der Waals surface area contributed by atoms with Gasteiger partial charge in [0.25, 0.3) is 0 Å².